The Kier molecular flexibility index (Phi) is 4.41. The van der Waals surface area contributed by atoms with E-state index in [4.69, 9.17) is 11.6 Å². The highest BCUT2D eigenvalue weighted by atomic mass is 35.5. The molecule has 0 radical (unpaired) electrons. The molecule has 0 saturated heterocycles. The van der Waals surface area contributed by atoms with Gasteiger partial charge in [0.1, 0.15) is 5.60 Å². The topological polar surface area (TPSA) is 125 Å². The first-order valence-corrected chi connectivity index (χ1v) is 12.2. The zero-order valence-corrected chi connectivity index (χ0v) is 19.8. The molecule has 9 nitrogen and oxygen atoms in total. The van der Waals surface area contributed by atoms with E-state index in [1.807, 2.05) is 13.0 Å². The molecule has 4 N–H and O–H groups in total. The highest BCUT2D eigenvalue weighted by molar-refractivity contribution is 8.05. The van der Waals surface area contributed by atoms with E-state index < -0.39 is 23.2 Å². The fourth-order valence-corrected chi connectivity index (χ4v) is 7.20. The molecule has 1 aliphatic heterocycles. The number of hydrogen-bond acceptors (Lipinski definition) is 8. The molecule has 3 saturated carbocycles. The maximum atomic E-state index is 12.4. The van der Waals surface area contributed by atoms with Crippen molar-refractivity contribution in [3.63, 3.8) is 0 Å². The van der Waals surface area contributed by atoms with E-state index in [-0.39, 0.29) is 28.4 Å². The summed E-state index contributed by atoms with van der Waals surface area (Å²) in [7, 11) is 3.30. The van der Waals surface area contributed by atoms with Crippen molar-refractivity contribution in [2.24, 2.45) is 23.2 Å². The number of aliphatic hydroxyl groups excluding tert-OH is 1. The van der Waals surface area contributed by atoms with Crippen LogP contribution in [0.5, 0.6) is 0 Å². The van der Waals surface area contributed by atoms with E-state index in [1.54, 1.807) is 25.0 Å². The molecule has 172 valence electrons. The Morgan fingerprint density at radius 2 is 2.15 bits per heavy atom. The third-order valence-electron chi connectivity index (χ3n) is 7.63. The standard InChI is InChI=1S/C22H23ClN6O3S/c1-9-6-10(33-16(9)23)4-5-12-27-17(24-2)14-18(28-12)29(8-26-14)15-13-11-7-21(11,20(31)25-3)19(30)22(13,15)32/h6,8-9,11,13,15-16,19,30,32H,7H2,1-3H3,(H,25,31)(H,24,27,28)/t9-,11-,13+,15-,16?,19-,21?,22-/m1/s1. The number of thioether (sulfide) groups is 1. The predicted molar refractivity (Wildman–Crippen MR) is 124 cm³/mol. The van der Waals surface area contributed by atoms with Crippen LogP contribution in [-0.2, 0) is 4.79 Å². The van der Waals surface area contributed by atoms with Crippen molar-refractivity contribution in [2.75, 3.05) is 19.4 Å². The number of carbonyl (C=O) groups excluding carboxylic acids is 1. The number of imidazole rings is 1. The number of nitrogens with zero attached hydrogens (tertiary/aromatic N) is 4. The Labute approximate surface area is 199 Å². The summed E-state index contributed by atoms with van der Waals surface area (Å²) in [4.78, 5) is 26.8. The number of carbonyl (C=O) groups is 1. The van der Waals surface area contributed by atoms with Gasteiger partial charge in [0.2, 0.25) is 11.7 Å². The molecule has 4 aliphatic rings. The summed E-state index contributed by atoms with van der Waals surface area (Å²) >= 11 is 7.78. The second-order valence-electron chi connectivity index (χ2n) is 9.27. The van der Waals surface area contributed by atoms with Crippen LogP contribution < -0.4 is 10.6 Å². The molecule has 33 heavy (non-hydrogen) atoms. The number of nitrogens with one attached hydrogen (secondary N) is 2. The van der Waals surface area contributed by atoms with Crippen molar-refractivity contribution < 1.29 is 15.0 Å². The molecular formula is C22H23ClN6O3S. The molecule has 3 aliphatic carbocycles. The SMILES string of the molecule is CNC(=O)C12C[C@@H]1[C@H]1[C@@H](n3cnc4c(NC)nc(C#CC5=C[C@@H](C)C(Cl)S5)nc43)[C@@]1(O)[C@@H]2O. The highest BCUT2D eigenvalue weighted by Crippen LogP contribution is 2.82. The van der Waals surface area contributed by atoms with Gasteiger partial charge < -0.3 is 25.4 Å². The molecule has 0 spiro atoms. The van der Waals surface area contributed by atoms with Crippen LogP contribution in [0.3, 0.4) is 0 Å². The van der Waals surface area contributed by atoms with Crippen LogP contribution in [0.15, 0.2) is 17.3 Å². The number of fused-ring (bicyclic) bond motifs is 4. The number of allylic oxidation sites excluding steroid dienone is 2. The summed E-state index contributed by atoms with van der Waals surface area (Å²) in [6.07, 6.45) is 3.09. The quantitative estimate of drug-likeness (QED) is 0.375. The minimum atomic E-state index is -1.38. The molecule has 2 unspecified atom stereocenters. The Bertz CT molecular complexity index is 1300. The molecule has 2 aromatic rings. The summed E-state index contributed by atoms with van der Waals surface area (Å²) < 4.78 is 1.77. The predicted octanol–water partition coefficient (Wildman–Crippen LogP) is 1.08. The van der Waals surface area contributed by atoms with Crippen molar-refractivity contribution in [3.8, 4) is 11.8 Å². The van der Waals surface area contributed by atoms with E-state index >= 15 is 0 Å². The van der Waals surface area contributed by atoms with Crippen molar-refractivity contribution in [3.05, 3.63) is 23.1 Å². The minimum absolute atomic E-state index is 0.0298. The van der Waals surface area contributed by atoms with Gasteiger partial charge >= 0.3 is 0 Å². The Hall–Kier alpha value is -2.32. The number of amides is 1. The van der Waals surface area contributed by atoms with Crippen LogP contribution in [0.25, 0.3) is 11.2 Å². The third kappa shape index (κ3) is 2.65. The van der Waals surface area contributed by atoms with E-state index in [2.05, 4.69) is 37.4 Å². The van der Waals surface area contributed by atoms with Gasteiger partial charge in [-0.05, 0) is 18.3 Å². The first kappa shape index (κ1) is 21.2. The van der Waals surface area contributed by atoms with Crippen molar-refractivity contribution in [1.82, 2.24) is 24.8 Å². The Morgan fingerprint density at radius 1 is 1.36 bits per heavy atom. The fraction of sp³-hybridized carbons (Fsp3) is 0.545. The number of rotatable bonds is 3. The zero-order valence-electron chi connectivity index (χ0n) is 18.2. The maximum Gasteiger partial charge on any atom is 0.229 e. The fourth-order valence-electron chi connectivity index (χ4n) is 5.90. The summed E-state index contributed by atoms with van der Waals surface area (Å²) in [6.45, 7) is 2.05. The van der Waals surface area contributed by atoms with Crippen LogP contribution >= 0.6 is 23.4 Å². The largest absolute Gasteiger partial charge is 0.389 e. The second kappa shape index (κ2) is 6.85. The first-order chi connectivity index (χ1) is 15.8. The Morgan fingerprint density at radius 3 is 2.76 bits per heavy atom. The lowest BCUT2D eigenvalue weighted by molar-refractivity contribution is -0.134. The van der Waals surface area contributed by atoms with Crippen molar-refractivity contribution in [1.29, 1.82) is 0 Å². The molecular weight excluding hydrogens is 464 g/mol. The van der Waals surface area contributed by atoms with Gasteiger partial charge in [-0.2, -0.15) is 0 Å². The first-order valence-electron chi connectivity index (χ1n) is 10.9. The maximum absolute atomic E-state index is 12.4. The summed E-state index contributed by atoms with van der Waals surface area (Å²) in [6, 6.07) is -0.408. The van der Waals surface area contributed by atoms with Gasteiger partial charge in [0.25, 0.3) is 0 Å². The van der Waals surface area contributed by atoms with Gasteiger partial charge in [-0.1, -0.05) is 30.7 Å². The van der Waals surface area contributed by atoms with E-state index in [0.717, 1.165) is 4.91 Å². The number of aliphatic hydroxyl groups is 2. The number of hydrogen-bond donors (Lipinski definition) is 4. The van der Waals surface area contributed by atoms with Crippen LogP contribution in [0.4, 0.5) is 5.82 Å². The van der Waals surface area contributed by atoms with E-state index in [0.29, 0.717) is 29.2 Å². The molecule has 2 aromatic heterocycles. The summed E-state index contributed by atoms with van der Waals surface area (Å²) in [5, 5.41) is 28.0. The lowest BCUT2D eigenvalue weighted by Crippen LogP contribution is -2.45. The molecule has 6 rings (SSSR count). The highest BCUT2D eigenvalue weighted by Gasteiger charge is 2.91. The zero-order chi connectivity index (χ0) is 23.3. The van der Waals surface area contributed by atoms with Gasteiger partial charge in [0, 0.05) is 25.9 Å². The molecule has 3 fully saturated rings. The summed E-state index contributed by atoms with van der Waals surface area (Å²) in [5.74, 6) is 6.71. The van der Waals surface area contributed by atoms with Gasteiger partial charge in [-0.15, -0.1) is 11.6 Å². The number of alkyl halides is 1. The molecule has 3 heterocycles. The Balaban J connectivity index is 1.36. The van der Waals surface area contributed by atoms with Gasteiger partial charge in [0.05, 0.1) is 33.5 Å². The van der Waals surface area contributed by atoms with Crippen LogP contribution in [-0.4, -0.2) is 66.1 Å². The normalized spacial score (nSPS) is 39.9. The van der Waals surface area contributed by atoms with Gasteiger partial charge in [-0.3, -0.25) is 4.79 Å². The van der Waals surface area contributed by atoms with Crippen molar-refractivity contribution >= 4 is 46.3 Å². The molecule has 11 heteroatoms. The van der Waals surface area contributed by atoms with Gasteiger partial charge in [-0.25, -0.2) is 15.0 Å². The average Bonchev–Trinajstić information content (AvgIpc) is 3.55. The summed E-state index contributed by atoms with van der Waals surface area (Å²) in [5.41, 5.74) is -1.17. The van der Waals surface area contributed by atoms with Crippen molar-refractivity contribution in [2.45, 2.75) is 35.8 Å². The second-order valence-corrected chi connectivity index (χ2v) is 11.2. The lowest BCUT2D eigenvalue weighted by atomic mass is 9.93. The monoisotopic (exact) mass is 486 g/mol. The number of anilines is 1. The van der Waals surface area contributed by atoms with Crippen LogP contribution in [0.2, 0.25) is 0 Å². The number of aromatic nitrogens is 4. The molecule has 1 amide bonds. The van der Waals surface area contributed by atoms with E-state index in [1.165, 1.54) is 11.8 Å². The van der Waals surface area contributed by atoms with Gasteiger partial charge in [0.15, 0.2) is 17.0 Å². The molecule has 8 atom stereocenters. The molecule has 0 aromatic carbocycles. The number of halogens is 1. The molecule has 0 bridgehead atoms. The smallest absolute Gasteiger partial charge is 0.229 e. The van der Waals surface area contributed by atoms with E-state index in [9.17, 15) is 15.0 Å². The lowest BCUT2D eigenvalue weighted by Gasteiger charge is -2.25. The van der Waals surface area contributed by atoms with Crippen LogP contribution in [0.1, 0.15) is 25.2 Å². The minimum Gasteiger partial charge on any atom is -0.389 e. The average molecular weight is 487 g/mol. The third-order valence-corrected chi connectivity index (χ3v) is 9.44. The van der Waals surface area contributed by atoms with Crippen LogP contribution in [0, 0.1) is 35.0 Å².